The van der Waals surface area contributed by atoms with Crippen molar-refractivity contribution in [3.05, 3.63) is 97.2 Å². The number of carbonyl (C=O) groups is 3. The van der Waals surface area contributed by atoms with Gasteiger partial charge in [0, 0.05) is 19.3 Å². The van der Waals surface area contributed by atoms with Gasteiger partial charge in [0.25, 0.3) is 0 Å². The molecule has 78 heavy (non-hydrogen) atoms. The molecular weight excluding hydrogens is 961 g/mol. The zero-order valence-electron chi connectivity index (χ0n) is 51.4. The van der Waals surface area contributed by atoms with Crippen LogP contribution in [-0.4, -0.2) is 37.2 Å². The number of hydrogen-bond acceptors (Lipinski definition) is 6. The van der Waals surface area contributed by atoms with Gasteiger partial charge in [0.15, 0.2) is 6.10 Å². The largest absolute Gasteiger partial charge is 0.462 e. The van der Waals surface area contributed by atoms with Gasteiger partial charge < -0.3 is 14.2 Å². The molecule has 1 atom stereocenters. The third-order valence-corrected chi connectivity index (χ3v) is 14.3. The third kappa shape index (κ3) is 63.2. The van der Waals surface area contributed by atoms with E-state index in [1.807, 2.05) is 0 Å². The molecule has 0 aliphatic heterocycles. The summed E-state index contributed by atoms with van der Waals surface area (Å²) in [5.41, 5.74) is 0. The molecule has 0 saturated carbocycles. The molecule has 0 aromatic rings. The number of allylic oxidation sites excluding steroid dienone is 16. The van der Waals surface area contributed by atoms with Crippen LogP contribution in [0.5, 0.6) is 0 Å². The van der Waals surface area contributed by atoms with Crippen LogP contribution in [0.2, 0.25) is 0 Å². The van der Waals surface area contributed by atoms with Crippen molar-refractivity contribution in [1.82, 2.24) is 0 Å². The molecule has 448 valence electrons. The van der Waals surface area contributed by atoms with Crippen LogP contribution in [0.4, 0.5) is 0 Å². The molecule has 0 radical (unpaired) electrons. The van der Waals surface area contributed by atoms with Crippen molar-refractivity contribution in [2.75, 3.05) is 13.2 Å². The first-order valence-electron chi connectivity index (χ1n) is 33.2. The molecule has 0 rings (SSSR count). The summed E-state index contributed by atoms with van der Waals surface area (Å²) in [4.78, 5) is 38.0. The van der Waals surface area contributed by atoms with Crippen molar-refractivity contribution >= 4 is 17.9 Å². The quantitative estimate of drug-likeness (QED) is 0.0261. The van der Waals surface area contributed by atoms with Gasteiger partial charge in [0.05, 0.1) is 0 Å². The van der Waals surface area contributed by atoms with Gasteiger partial charge >= 0.3 is 17.9 Å². The Morgan fingerprint density at radius 3 is 0.795 bits per heavy atom. The molecule has 0 spiro atoms. The van der Waals surface area contributed by atoms with Gasteiger partial charge in [0.2, 0.25) is 0 Å². The molecule has 0 aliphatic carbocycles. The first kappa shape index (κ1) is 74.3. The smallest absolute Gasteiger partial charge is 0.306 e. The average Bonchev–Trinajstić information content (AvgIpc) is 3.44. The topological polar surface area (TPSA) is 78.9 Å². The van der Waals surface area contributed by atoms with Crippen molar-refractivity contribution in [3.63, 3.8) is 0 Å². The Hall–Kier alpha value is -3.67. The Morgan fingerprint density at radius 1 is 0.269 bits per heavy atom. The van der Waals surface area contributed by atoms with E-state index in [1.54, 1.807) is 0 Å². The summed E-state index contributed by atoms with van der Waals surface area (Å²) in [5, 5.41) is 0. The fourth-order valence-electron chi connectivity index (χ4n) is 9.36. The van der Waals surface area contributed by atoms with Crippen LogP contribution in [0.25, 0.3) is 0 Å². The van der Waals surface area contributed by atoms with E-state index in [0.29, 0.717) is 19.3 Å². The molecule has 0 fully saturated rings. The summed E-state index contributed by atoms with van der Waals surface area (Å²) in [6, 6.07) is 0. The molecule has 0 heterocycles. The Balaban J connectivity index is 4.06. The second kappa shape index (κ2) is 65.8. The Morgan fingerprint density at radius 2 is 0.500 bits per heavy atom. The monoisotopic (exact) mass is 1080 g/mol. The highest BCUT2D eigenvalue weighted by atomic mass is 16.6. The minimum Gasteiger partial charge on any atom is -0.462 e. The lowest BCUT2D eigenvalue weighted by molar-refractivity contribution is -0.167. The predicted octanol–water partition coefficient (Wildman–Crippen LogP) is 22.8. The summed E-state index contributed by atoms with van der Waals surface area (Å²) in [6.45, 7) is 6.49. The first-order valence-corrected chi connectivity index (χ1v) is 33.2. The summed E-state index contributed by atoms with van der Waals surface area (Å²) >= 11 is 0. The fraction of sp³-hybridized carbons (Fsp3) is 0.736. The minimum atomic E-state index is -0.776. The van der Waals surface area contributed by atoms with Crippen LogP contribution in [-0.2, 0) is 28.6 Å². The van der Waals surface area contributed by atoms with Gasteiger partial charge in [-0.05, 0) is 103 Å². The lowest BCUT2D eigenvalue weighted by atomic mass is 10.0. The summed E-state index contributed by atoms with van der Waals surface area (Å²) < 4.78 is 16.8. The van der Waals surface area contributed by atoms with Crippen LogP contribution < -0.4 is 0 Å². The van der Waals surface area contributed by atoms with Gasteiger partial charge in [-0.1, -0.05) is 298 Å². The normalized spacial score (nSPS) is 12.7. The third-order valence-electron chi connectivity index (χ3n) is 14.3. The van der Waals surface area contributed by atoms with Crippen LogP contribution in [0.1, 0.15) is 323 Å². The standard InChI is InChI=1S/C72H124O6/c1-4-7-10-13-16-18-20-22-24-26-28-30-31-32-33-34-35-36-37-38-39-40-41-43-44-46-48-50-52-54-56-59-62-65-71(74)77-68-69(67-76-70(73)64-61-58-15-12-9-6-3)78-72(75)66-63-60-57-55-53-51-49-47-45-42-29-27-25-23-21-19-17-14-11-8-5-2/h7,10,16,18,22,24,27-30,32-33,35-36,38-39,69H,4-6,8-9,11-15,17,19-21,23,25-26,31,34,37,40-68H2,1-3H3/b10-7-,18-16-,24-22-,29-27-,30-28-,33-32-,36-35-,39-38-. The molecule has 0 aromatic carbocycles. The van der Waals surface area contributed by atoms with Gasteiger partial charge in [-0.3, -0.25) is 14.4 Å². The van der Waals surface area contributed by atoms with Crippen molar-refractivity contribution in [1.29, 1.82) is 0 Å². The second-order valence-electron chi connectivity index (χ2n) is 22.0. The fourth-order valence-corrected chi connectivity index (χ4v) is 9.36. The lowest BCUT2D eigenvalue weighted by Gasteiger charge is -2.18. The molecule has 1 unspecified atom stereocenters. The molecule has 0 amide bonds. The van der Waals surface area contributed by atoms with Crippen LogP contribution in [0.15, 0.2) is 97.2 Å². The van der Waals surface area contributed by atoms with E-state index in [4.69, 9.17) is 14.2 Å². The minimum absolute atomic E-state index is 0.0764. The summed E-state index contributed by atoms with van der Waals surface area (Å²) in [5.74, 6) is -0.881. The molecule has 0 aliphatic rings. The van der Waals surface area contributed by atoms with Crippen LogP contribution in [0, 0.1) is 0 Å². The van der Waals surface area contributed by atoms with E-state index >= 15 is 0 Å². The Labute approximate surface area is 483 Å². The van der Waals surface area contributed by atoms with Crippen molar-refractivity contribution < 1.29 is 28.6 Å². The number of unbranched alkanes of at least 4 members (excludes halogenated alkanes) is 33. The van der Waals surface area contributed by atoms with Gasteiger partial charge in [-0.15, -0.1) is 0 Å². The Kier molecular flexibility index (Phi) is 62.7. The molecule has 0 N–H and O–H groups in total. The van der Waals surface area contributed by atoms with Crippen molar-refractivity contribution in [3.8, 4) is 0 Å². The Bertz CT molecular complexity index is 1530. The van der Waals surface area contributed by atoms with Gasteiger partial charge in [-0.2, -0.15) is 0 Å². The van der Waals surface area contributed by atoms with E-state index in [2.05, 4.69) is 118 Å². The number of esters is 3. The summed E-state index contributed by atoms with van der Waals surface area (Å²) in [7, 11) is 0. The number of ether oxygens (including phenoxy) is 3. The van der Waals surface area contributed by atoms with E-state index in [1.165, 1.54) is 180 Å². The van der Waals surface area contributed by atoms with Crippen molar-refractivity contribution in [2.24, 2.45) is 0 Å². The van der Waals surface area contributed by atoms with E-state index < -0.39 is 6.10 Å². The van der Waals surface area contributed by atoms with Crippen LogP contribution in [0.3, 0.4) is 0 Å². The van der Waals surface area contributed by atoms with E-state index in [-0.39, 0.29) is 31.1 Å². The lowest BCUT2D eigenvalue weighted by Crippen LogP contribution is -2.30. The molecule has 0 saturated heterocycles. The average molecular weight is 1090 g/mol. The molecule has 6 heteroatoms. The number of carbonyl (C=O) groups excluding carboxylic acids is 3. The SMILES string of the molecule is CC/C=C\C/C=C\C/C=C\C/C=C\C/C=C\C/C=C\C/C=C\CCCCCCCCCCCCCC(=O)OCC(COC(=O)CCCCCCCC)OC(=O)CCCCCCCCCCC/C=C\CCCCCCCCCC. The predicted molar refractivity (Wildman–Crippen MR) is 339 cm³/mol. The maximum atomic E-state index is 12.8. The maximum Gasteiger partial charge on any atom is 0.306 e. The number of hydrogen-bond donors (Lipinski definition) is 0. The van der Waals surface area contributed by atoms with E-state index in [9.17, 15) is 14.4 Å². The number of rotatable bonds is 60. The van der Waals surface area contributed by atoms with Crippen LogP contribution >= 0.6 is 0 Å². The molecule has 0 bridgehead atoms. The molecule has 0 aromatic heterocycles. The highest BCUT2D eigenvalue weighted by Crippen LogP contribution is 2.16. The first-order chi connectivity index (χ1) is 38.5. The zero-order valence-corrected chi connectivity index (χ0v) is 51.4. The molecular formula is C72H124O6. The summed E-state index contributed by atoms with van der Waals surface area (Å²) in [6.07, 6.45) is 88.9. The van der Waals surface area contributed by atoms with E-state index in [0.717, 1.165) is 103 Å². The highest BCUT2D eigenvalue weighted by molar-refractivity contribution is 5.71. The van der Waals surface area contributed by atoms with Gasteiger partial charge in [0.1, 0.15) is 13.2 Å². The maximum absolute atomic E-state index is 12.8. The highest BCUT2D eigenvalue weighted by Gasteiger charge is 2.19. The zero-order chi connectivity index (χ0) is 56.4. The van der Waals surface area contributed by atoms with Crippen molar-refractivity contribution in [2.45, 2.75) is 329 Å². The van der Waals surface area contributed by atoms with Gasteiger partial charge in [-0.25, -0.2) is 0 Å². The second-order valence-corrected chi connectivity index (χ2v) is 22.0. The molecule has 6 nitrogen and oxygen atoms in total.